The highest BCUT2D eigenvalue weighted by atomic mass is 16.5. The van der Waals surface area contributed by atoms with E-state index < -0.39 is 6.03 Å². The second-order valence-corrected chi connectivity index (χ2v) is 5.73. The number of nitrogens with two attached hydrogens (primary N) is 1. The zero-order valence-corrected chi connectivity index (χ0v) is 13.6. The van der Waals surface area contributed by atoms with Crippen LogP contribution in [-0.2, 0) is 11.2 Å². The number of carbonyl (C=O) groups is 2. The van der Waals surface area contributed by atoms with Crippen molar-refractivity contribution in [2.75, 3.05) is 19.7 Å². The number of hydrogen-bond donors (Lipinski definition) is 2. The number of nitrogens with zero attached hydrogens (tertiary/aromatic N) is 1. The first kappa shape index (κ1) is 17.1. The molecule has 1 aliphatic heterocycles. The van der Waals surface area contributed by atoms with Crippen LogP contribution in [0.4, 0.5) is 4.79 Å². The molecule has 1 saturated heterocycles. The number of aryl methyl sites for hydroxylation is 1. The molecule has 126 valence electrons. The number of urea groups is 1. The van der Waals surface area contributed by atoms with Crippen LogP contribution in [0, 0.1) is 0 Å². The second-order valence-electron chi connectivity index (χ2n) is 5.73. The minimum absolute atomic E-state index is 0.00577. The Morgan fingerprint density at radius 1 is 1.35 bits per heavy atom. The van der Waals surface area contributed by atoms with Gasteiger partial charge in [0.15, 0.2) is 6.61 Å². The zero-order chi connectivity index (χ0) is 16.7. The summed E-state index contributed by atoms with van der Waals surface area (Å²) in [6.45, 7) is 3.17. The molecule has 6 heteroatoms. The molecule has 2 rings (SSSR count). The van der Waals surface area contributed by atoms with Crippen molar-refractivity contribution in [2.24, 2.45) is 5.73 Å². The van der Waals surface area contributed by atoms with Gasteiger partial charge in [-0.2, -0.15) is 0 Å². The molecule has 0 saturated carbocycles. The van der Waals surface area contributed by atoms with E-state index in [9.17, 15) is 9.59 Å². The summed E-state index contributed by atoms with van der Waals surface area (Å²) in [6, 6.07) is 7.18. The Morgan fingerprint density at radius 2 is 2.13 bits per heavy atom. The lowest BCUT2D eigenvalue weighted by Gasteiger charge is -2.35. The molecule has 1 fully saturated rings. The summed E-state index contributed by atoms with van der Waals surface area (Å²) in [7, 11) is 0. The molecule has 3 N–H and O–H groups in total. The average Bonchev–Trinajstić information content (AvgIpc) is 2.58. The van der Waals surface area contributed by atoms with Gasteiger partial charge in [0.25, 0.3) is 5.91 Å². The average molecular weight is 319 g/mol. The molecule has 0 spiro atoms. The fourth-order valence-corrected chi connectivity index (χ4v) is 2.92. The van der Waals surface area contributed by atoms with Crippen LogP contribution in [0.5, 0.6) is 5.75 Å². The van der Waals surface area contributed by atoms with Crippen molar-refractivity contribution in [1.82, 2.24) is 10.2 Å². The molecule has 0 unspecified atom stereocenters. The molecular formula is C17H25N3O3. The third-order valence-electron chi connectivity index (χ3n) is 4.16. The first-order valence-corrected chi connectivity index (χ1v) is 8.15. The van der Waals surface area contributed by atoms with Crippen LogP contribution in [0.3, 0.4) is 0 Å². The standard InChI is InChI=1S/C17H25N3O3/c1-2-13-7-3-4-9-15(13)23-12-16(21)20-10-6-5-8-14(20)11-19-17(18)22/h3-4,7,9,14H,2,5-6,8,10-12H2,1H3,(H3,18,19,22)/t14-/m1/s1. The van der Waals surface area contributed by atoms with E-state index in [0.29, 0.717) is 13.1 Å². The lowest BCUT2D eigenvalue weighted by Crippen LogP contribution is -2.51. The van der Waals surface area contributed by atoms with Crippen LogP contribution in [0.2, 0.25) is 0 Å². The number of primary amides is 1. The summed E-state index contributed by atoms with van der Waals surface area (Å²) in [5.74, 6) is 0.707. The molecule has 0 aliphatic carbocycles. The monoisotopic (exact) mass is 319 g/mol. The van der Waals surface area contributed by atoms with Crippen LogP contribution in [0.15, 0.2) is 24.3 Å². The minimum Gasteiger partial charge on any atom is -0.483 e. The number of rotatable bonds is 6. The highest BCUT2D eigenvalue weighted by Gasteiger charge is 2.27. The predicted molar refractivity (Wildman–Crippen MR) is 88.3 cm³/mol. The number of likely N-dealkylation sites (tertiary alicyclic amines) is 1. The lowest BCUT2D eigenvalue weighted by atomic mass is 10.0. The lowest BCUT2D eigenvalue weighted by molar-refractivity contribution is -0.136. The van der Waals surface area contributed by atoms with Gasteiger partial charge in [-0.05, 0) is 37.3 Å². The van der Waals surface area contributed by atoms with Gasteiger partial charge < -0.3 is 20.7 Å². The Balaban J connectivity index is 1.93. The molecule has 1 aromatic carbocycles. The van der Waals surface area contributed by atoms with E-state index in [1.807, 2.05) is 24.3 Å². The summed E-state index contributed by atoms with van der Waals surface area (Å²) < 4.78 is 5.71. The molecule has 1 heterocycles. The maximum atomic E-state index is 12.5. The van der Waals surface area contributed by atoms with Gasteiger partial charge in [0.2, 0.25) is 0 Å². The topological polar surface area (TPSA) is 84.7 Å². The van der Waals surface area contributed by atoms with E-state index >= 15 is 0 Å². The number of piperidine rings is 1. The quantitative estimate of drug-likeness (QED) is 0.836. The van der Waals surface area contributed by atoms with Gasteiger partial charge in [-0.1, -0.05) is 25.1 Å². The van der Waals surface area contributed by atoms with Crippen molar-refractivity contribution in [3.8, 4) is 5.75 Å². The molecule has 23 heavy (non-hydrogen) atoms. The summed E-state index contributed by atoms with van der Waals surface area (Å²) >= 11 is 0. The van der Waals surface area contributed by atoms with Crippen molar-refractivity contribution in [1.29, 1.82) is 0 Å². The Bertz CT molecular complexity index is 548. The smallest absolute Gasteiger partial charge is 0.312 e. The first-order chi connectivity index (χ1) is 11.1. The maximum absolute atomic E-state index is 12.5. The van der Waals surface area contributed by atoms with E-state index in [1.165, 1.54) is 0 Å². The van der Waals surface area contributed by atoms with Gasteiger partial charge in [-0.15, -0.1) is 0 Å². The summed E-state index contributed by atoms with van der Waals surface area (Å²) in [6.07, 6.45) is 3.76. The van der Waals surface area contributed by atoms with E-state index in [1.54, 1.807) is 4.90 Å². The number of ether oxygens (including phenoxy) is 1. The SMILES string of the molecule is CCc1ccccc1OCC(=O)N1CCCC[C@@H]1CNC(N)=O. The minimum atomic E-state index is -0.559. The van der Waals surface area contributed by atoms with Gasteiger partial charge >= 0.3 is 6.03 Å². The molecule has 1 aliphatic rings. The van der Waals surface area contributed by atoms with Crippen molar-refractivity contribution >= 4 is 11.9 Å². The van der Waals surface area contributed by atoms with E-state index in [4.69, 9.17) is 10.5 Å². The largest absolute Gasteiger partial charge is 0.483 e. The number of nitrogens with one attached hydrogen (secondary N) is 1. The maximum Gasteiger partial charge on any atom is 0.312 e. The van der Waals surface area contributed by atoms with Crippen LogP contribution < -0.4 is 15.8 Å². The van der Waals surface area contributed by atoms with Crippen LogP contribution in [0.25, 0.3) is 0 Å². The van der Waals surface area contributed by atoms with Crippen molar-refractivity contribution in [2.45, 2.75) is 38.6 Å². The zero-order valence-electron chi connectivity index (χ0n) is 13.6. The molecule has 3 amide bonds. The molecule has 0 bridgehead atoms. The highest BCUT2D eigenvalue weighted by molar-refractivity contribution is 5.78. The Hall–Kier alpha value is -2.24. The van der Waals surface area contributed by atoms with Crippen LogP contribution in [0.1, 0.15) is 31.7 Å². The van der Waals surface area contributed by atoms with E-state index in [-0.39, 0.29) is 18.6 Å². The molecule has 0 radical (unpaired) electrons. The third-order valence-corrected chi connectivity index (χ3v) is 4.16. The summed E-state index contributed by atoms with van der Waals surface area (Å²) in [5, 5.41) is 2.60. The number of para-hydroxylation sites is 1. The van der Waals surface area contributed by atoms with Crippen molar-refractivity contribution in [3.05, 3.63) is 29.8 Å². The highest BCUT2D eigenvalue weighted by Crippen LogP contribution is 2.20. The van der Waals surface area contributed by atoms with Gasteiger partial charge in [0, 0.05) is 19.1 Å². The summed E-state index contributed by atoms with van der Waals surface area (Å²) in [4.78, 5) is 25.2. The predicted octanol–water partition coefficient (Wildman–Crippen LogP) is 1.68. The van der Waals surface area contributed by atoms with Gasteiger partial charge in [0.05, 0.1) is 0 Å². The number of amides is 3. The Kier molecular flexibility index (Phi) is 6.26. The van der Waals surface area contributed by atoms with Gasteiger partial charge in [-0.25, -0.2) is 4.79 Å². The van der Waals surface area contributed by atoms with Gasteiger partial charge in [0.1, 0.15) is 5.75 Å². The fourth-order valence-electron chi connectivity index (χ4n) is 2.92. The molecule has 0 aromatic heterocycles. The Morgan fingerprint density at radius 3 is 2.87 bits per heavy atom. The van der Waals surface area contributed by atoms with E-state index in [0.717, 1.165) is 37.0 Å². The second kappa shape index (κ2) is 8.41. The molecule has 1 atom stereocenters. The number of benzene rings is 1. The van der Waals surface area contributed by atoms with Crippen molar-refractivity contribution in [3.63, 3.8) is 0 Å². The van der Waals surface area contributed by atoms with Crippen LogP contribution >= 0.6 is 0 Å². The first-order valence-electron chi connectivity index (χ1n) is 8.15. The summed E-state index contributed by atoms with van der Waals surface area (Å²) in [5.41, 5.74) is 6.21. The molecule has 6 nitrogen and oxygen atoms in total. The normalized spacial score (nSPS) is 17.6. The number of carbonyl (C=O) groups excluding carboxylic acids is 2. The van der Waals surface area contributed by atoms with E-state index in [2.05, 4.69) is 12.2 Å². The van der Waals surface area contributed by atoms with Crippen LogP contribution in [-0.4, -0.2) is 42.6 Å². The van der Waals surface area contributed by atoms with Gasteiger partial charge in [-0.3, -0.25) is 4.79 Å². The third kappa shape index (κ3) is 4.87. The van der Waals surface area contributed by atoms with Crippen molar-refractivity contribution < 1.29 is 14.3 Å². The fraction of sp³-hybridized carbons (Fsp3) is 0.529. The molecular weight excluding hydrogens is 294 g/mol. The number of hydrogen-bond acceptors (Lipinski definition) is 3. The molecule has 1 aromatic rings. The Labute approximate surface area is 137 Å².